The van der Waals surface area contributed by atoms with E-state index in [9.17, 15) is 13.2 Å². The van der Waals surface area contributed by atoms with Crippen LogP contribution in [0.25, 0.3) is 0 Å². The quantitative estimate of drug-likeness (QED) is 0.488. The van der Waals surface area contributed by atoms with Crippen molar-refractivity contribution >= 4 is 16.0 Å². The molecular weight excluding hydrogens is 146 g/mol. The molecule has 0 radical (unpaired) electrons. The Bertz CT molecular complexity index is 239. The smallest absolute Gasteiger partial charge is 0.348 e. The largest absolute Gasteiger partial charge is 0.477 e. The Morgan fingerprint density at radius 1 is 1.56 bits per heavy atom. The van der Waals surface area contributed by atoms with Gasteiger partial charge in [-0.2, -0.15) is 0 Å². The molecule has 0 unspecified atom stereocenters. The number of carboxylic acid groups (broad SMARTS) is 1. The summed E-state index contributed by atoms with van der Waals surface area (Å²) in [6.07, 6.45) is 0. The van der Waals surface area contributed by atoms with Crippen LogP contribution in [0, 0.1) is 0 Å². The van der Waals surface area contributed by atoms with Crippen molar-refractivity contribution < 1.29 is 18.3 Å². The van der Waals surface area contributed by atoms with Gasteiger partial charge in [-0.05, 0) is 0 Å². The van der Waals surface area contributed by atoms with Crippen molar-refractivity contribution in [2.24, 2.45) is 5.14 Å². The van der Waals surface area contributed by atoms with E-state index < -0.39 is 20.9 Å². The van der Waals surface area contributed by atoms with Gasteiger partial charge in [0.25, 0.3) is 0 Å². The summed E-state index contributed by atoms with van der Waals surface area (Å²) < 4.78 is 20.1. The Labute approximate surface area is 51.8 Å². The predicted octanol–water partition coefficient (Wildman–Crippen LogP) is -1.13. The molecule has 0 heterocycles. The summed E-state index contributed by atoms with van der Waals surface area (Å²) in [5.41, 5.74) is 0. The van der Waals surface area contributed by atoms with E-state index in [0.29, 0.717) is 0 Å². The van der Waals surface area contributed by atoms with Crippen LogP contribution in [0.2, 0.25) is 0 Å². The van der Waals surface area contributed by atoms with Crippen LogP contribution in [0.5, 0.6) is 0 Å². The van der Waals surface area contributed by atoms with Crippen molar-refractivity contribution in [3.63, 3.8) is 0 Å². The molecule has 0 aromatic heterocycles. The van der Waals surface area contributed by atoms with Crippen molar-refractivity contribution in [1.29, 1.82) is 0 Å². The van der Waals surface area contributed by atoms with Crippen molar-refractivity contribution in [2.45, 2.75) is 0 Å². The van der Waals surface area contributed by atoms with Gasteiger partial charge in [-0.3, -0.25) is 0 Å². The standard InChI is InChI=1S/C3H5NO4S/c1-2(3(5)6)9(4,7)8/h1H2,(H,5,6)(H2,4,7,8). The lowest BCUT2D eigenvalue weighted by Crippen LogP contribution is -2.19. The van der Waals surface area contributed by atoms with Crippen molar-refractivity contribution in [3.8, 4) is 0 Å². The fourth-order valence-electron chi connectivity index (χ4n) is 0.122. The van der Waals surface area contributed by atoms with Gasteiger partial charge in [0.15, 0.2) is 4.91 Å². The van der Waals surface area contributed by atoms with Crippen LogP contribution >= 0.6 is 0 Å². The first-order valence-corrected chi connectivity index (χ1v) is 3.35. The van der Waals surface area contributed by atoms with Gasteiger partial charge in [0.1, 0.15) is 0 Å². The number of rotatable bonds is 2. The average Bonchev–Trinajstić information content (AvgIpc) is 1.62. The lowest BCUT2D eigenvalue weighted by molar-refractivity contribution is -0.131. The average molecular weight is 151 g/mol. The lowest BCUT2D eigenvalue weighted by atomic mass is 10.7. The third-order valence-corrected chi connectivity index (χ3v) is 1.44. The van der Waals surface area contributed by atoms with E-state index in [2.05, 4.69) is 11.7 Å². The molecule has 0 rings (SSSR count). The highest BCUT2D eigenvalue weighted by Crippen LogP contribution is 1.95. The van der Waals surface area contributed by atoms with Crippen LogP contribution in [-0.4, -0.2) is 19.5 Å². The Morgan fingerprint density at radius 2 is 1.89 bits per heavy atom. The van der Waals surface area contributed by atoms with Gasteiger partial charge in [0, 0.05) is 0 Å². The van der Waals surface area contributed by atoms with Gasteiger partial charge in [-0.1, -0.05) is 6.58 Å². The summed E-state index contributed by atoms with van der Waals surface area (Å²) in [5.74, 6) is -1.63. The minimum Gasteiger partial charge on any atom is -0.477 e. The second-order valence-corrected chi connectivity index (χ2v) is 2.86. The number of nitrogens with two attached hydrogens (primary N) is 1. The first-order chi connectivity index (χ1) is 3.85. The molecule has 3 N–H and O–H groups in total. The fraction of sp³-hybridized carbons (Fsp3) is 0. The molecule has 0 aliphatic carbocycles. The van der Waals surface area contributed by atoms with Crippen molar-refractivity contribution in [3.05, 3.63) is 11.5 Å². The minimum absolute atomic E-state index is 0.998. The molecule has 0 saturated carbocycles. The molecule has 9 heavy (non-hydrogen) atoms. The summed E-state index contributed by atoms with van der Waals surface area (Å²) in [6, 6.07) is 0. The van der Waals surface area contributed by atoms with Crippen molar-refractivity contribution in [2.75, 3.05) is 0 Å². The number of hydrogen-bond acceptors (Lipinski definition) is 3. The van der Waals surface area contributed by atoms with E-state index in [0.717, 1.165) is 0 Å². The molecule has 52 valence electrons. The van der Waals surface area contributed by atoms with Gasteiger partial charge in [0.2, 0.25) is 10.0 Å². The predicted molar refractivity (Wildman–Crippen MR) is 29.9 cm³/mol. The highest BCUT2D eigenvalue weighted by atomic mass is 32.2. The maximum absolute atomic E-state index is 10.1. The van der Waals surface area contributed by atoms with Gasteiger partial charge in [-0.15, -0.1) is 0 Å². The maximum Gasteiger partial charge on any atom is 0.348 e. The van der Waals surface area contributed by atoms with Gasteiger partial charge < -0.3 is 5.11 Å². The second-order valence-electron chi connectivity index (χ2n) is 1.27. The fourth-order valence-corrected chi connectivity index (χ4v) is 0.365. The highest BCUT2D eigenvalue weighted by Gasteiger charge is 2.15. The molecule has 0 fully saturated rings. The number of carboxylic acids is 1. The Morgan fingerprint density at radius 3 is 1.89 bits per heavy atom. The topological polar surface area (TPSA) is 97.5 Å². The Hall–Kier alpha value is -0.880. The third-order valence-electron chi connectivity index (χ3n) is 0.582. The van der Waals surface area contributed by atoms with Crippen LogP contribution in [0.1, 0.15) is 0 Å². The van der Waals surface area contributed by atoms with E-state index in [1.807, 2.05) is 0 Å². The molecular formula is C3H5NO4S. The Kier molecular flexibility index (Phi) is 1.95. The second kappa shape index (κ2) is 2.16. The van der Waals surface area contributed by atoms with Crippen molar-refractivity contribution in [1.82, 2.24) is 0 Å². The molecule has 0 atom stereocenters. The summed E-state index contributed by atoms with van der Waals surface area (Å²) in [5, 5.41) is 12.3. The summed E-state index contributed by atoms with van der Waals surface area (Å²) in [6.45, 7) is 2.71. The summed E-state index contributed by atoms with van der Waals surface area (Å²) in [4.78, 5) is 8.79. The monoisotopic (exact) mass is 151 g/mol. The zero-order valence-electron chi connectivity index (χ0n) is 4.36. The van der Waals surface area contributed by atoms with E-state index in [1.54, 1.807) is 0 Å². The van der Waals surface area contributed by atoms with Crippen LogP contribution in [0.15, 0.2) is 11.5 Å². The number of carbonyl (C=O) groups is 1. The van der Waals surface area contributed by atoms with E-state index in [4.69, 9.17) is 5.11 Å². The third kappa shape index (κ3) is 2.24. The van der Waals surface area contributed by atoms with E-state index in [1.165, 1.54) is 0 Å². The molecule has 0 bridgehead atoms. The van der Waals surface area contributed by atoms with Crippen LogP contribution in [0.4, 0.5) is 0 Å². The normalized spacial score (nSPS) is 10.8. The van der Waals surface area contributed by atoms with Gasteiger partial charge in [-0.25, -0.2) is 18.4 Å². The van der Waals surface area contributed by atoms with Crippen LogP contribution in [-0.2, 0) is 14.8 Å². The summed E-state index contributed by atoms with van der Waals surface area (Å²) >= 11 is 0. The molecule has 0 spiro atoms. The van der Waals surface area contributed by atoms with Crippen LogP contribution < -0.4 is 5.14 Å². The van der Waals surface area contributed by atoms with Gasteiger partial charge >= 0.3 is 5.97 Å². The number of aliphatic carboxylic acids is 1. The number of hydrogen-bond donors (Lipinski definition) is 2. The highest BCUT2D eigenvalue weighted by molar-refractivity contribution is 7.94. The zero-order valence-corrected chi connectivity index (χ0v) is 5.18. The molecule has 6 heteroatoms. The molecule has 0 aromatic carbocycles. The molecule has 0 aliphatic heterocycles. The maximum atomic E-state index is 10.1. The minimum atomic E-state index is -4.10. The zero-order chi connectivity index (χ0) is 7.65. The lowest BCUT2D eigenvalue weighted by Gasteiger charge is -1.91. The Balaban J connectivity index is 4.66. The molecule has 0 aromatic rings. The summed E-state index contributed by atoms with van der Waals surface area (Å²) in [7, 11) is -4.10. The van der Waals surface area contributed by atoms with E-state index >= 15 is 0 Å². The van der Waals surface area contributed by atoms with Gasteiger partial charge in [0.05, 0.1) is 0 Å². The van der Waals surface area contributed by atoms with E-state index in [-0.39, 0.29) is 0 Å². The molecule has 0 saturated heterocycles. The molecule has 0 amide bonds. The number of sulfonamides is 1. The molecule has 5 nitrogen and oxygen atoms in total. The SMILES string of the molecule is C=C(C(=O)O)S(N)(=O)=O. The molecule has 0 aliphatic rings. The first kappa shape index (κ1) is 8.12. The van der Waals surface area contributed by atoms with Crippen LogP contribution in [0.3, 0.4) is 0 Å². The number of primary sulfonamides is 1. The first-order valence-electron chi connectivity index (χ1n) is 1.80.